The molecule has 17 heavy (non-hydrogen) atoms. The van der Waals surface area contributed by atoms with Crippen LogP contribution in [0.5, 0.6) is 11.5 Å². The molecule has 0 saturated carbocycles. The third-order valence-corrected chi connectivity index (χ3v) is 2.98. The maximum Gasteiger partial charge on any atom is 0.127 e. The van der Waals surface area contributed by atoms with Crippen LogP contribution in [0.15, 0.2) is 59.5 Å². The zero-order valence-electron chi connectivity index (χ0n) is 9.17. The highest BCUT2D eigenvalue weighted by atomic mass is 32.2. The number of rotatable bonds is 4. The highest BCUT2D eigenvalue weighted by Gasteiger charge is 1.97. The van der Waals surface area contributed by atoms with Gasteiger partial charge in [0.25, 0.3) is 0 Å². The van der Waals surface area contributed by atoms with Crippen molar-refractivity contribution in [2.45, 2.75) is 4.90 Å². The molecule has 0 aromatic heterocycles. The van der Waals surface area contributed by atoms with Crippen molar-refractivity contribution < 1.29 is 4.74 Å². The van der Waals surface area contributed by atoms with E-state index in [-0.39, 0.29) is 0 Å². The van der Waals surface area contributed by atoms with Gasteiger partial charge in [-0.2, -0.15) is 5.26 Å². The Kier molecular flexibility index (Phi) is 4.06. The van der Waals surface area contributed by atoms with Crippen LogP contribution >= 0.6 is 11.8 Å². The number of ether oxygens (including phenoxy) is 1. The molecule has 0 unspecified atom stereocenters. The largest absolute Gasteiger partial charge is 0.457 e. The Balaban J connectivity index is 2.01. The molecule has 84 valence electrons. The van der Waals surface area contributed by atoms with Crippen molar-refractivity contribution in [1.29, 1.82) is 5.26 Å². The van der Waals surface area contributed by atoms with Gasteiger partial charge in [0.05, 0.1) is 11.8 Å². The minimum absolute atomic E-state index is 0.471. The summed E-state index contributed by atoms with van der Waals surface area (Å²) in [6, 6.07) is 19.5. The van der Waals surface area contributed by atoms with Gasteiger partial charge in [-0.05, 0) is 36.4 Å². The normalized spacial score (nSPS) is 9.59. The SMILES string of the molecule is N#CCSc1ccc(Oc2ccccc2)cc1. The molecule has 0 amide bonds. The fourth-order valence-electron chi connectivity index (χ4n) is 1.34. The Hall–Kier alpha value is -1.92. The van der Waals surface area contributed by atoms with E-state index in [1.54, 1.807) is 0 Å². The Morgan fingerprint density at radius 3 is 2.24 bits per heavy atom. The molecule has 0 atom stereocenters. The molecular weight excluding hydrogens is 230 g/mol. The van der Waals surface area contributed by atoms with Crippen LogP contribution in [0.2, 0.25) is 0 Å². The first-order chi connectivity index (χ1) is 8.38. The first-order valence-electron chi connectivity index (χ1n) is 5.21. The second-order valence-corrected chi connectivity index (χ2v) is 4.38. The van der Waals surface area contributed by atoms with E-state index < -0.39 is 0 Å². The summed E-state index contributed by atoms with van der Waals surface area (Å²) in [7, 11) is 0. The first-order valence-corrected chi connectivity index (χ1v) is 6.20. The van der Waals surface area contributed by atoms with Crippen LogP contribution in [-0.4, -0.2) is 5.75 Å². The minimum Gasteiger partial charge on any atom is -0.457 e. The molecule has 2 aromatic rings. The van der Waals surface area contributed by atoms with Crippen LogP contribution in [0.25, 0.3) is 0 Å². The van der Waals surface area contributed by atoms with Gasteiger partial charge in [-0.15, -0.1) is 11.8 Å². The minimum atomic E-state index is 0.471. The van der Waals surface area contributed by atoms with Crippen molar-refractivity contribution in [2.24, 2.45) is 0 Å². The van der Waals surface area contributed by atoms with Crippen LogP contribution in [-0.2, 0) is 0 Å². The fourth-order valence-corrected chi connectivity index (χ4v) is 1.90. The topological polar surface area (TPSA) is 33.0 Å². The molecule has 0 heterocycles. The summed E-state index contributed by atoms with van der Waals surface area (Å²) in [6.45, 7) is 0. The monoisotopic (exact) mass is 241 g/mol. The van der Waals surface area contributed by atoms with Crippen LogP contribution in [0.3, 0.4) is 0 Å². The van der Waals surface area contributed by atoms with Gasteiger partial charge in [-0.3, -0.25) is 0 Å². The Morgan fingerprint density at radius 2 is 1.59 bits per heavy atom. The van der Waals surface area contributed by atoms with Gasteiger partial charge in [-0.1, -0.05) is 18.2 Å². The zero-order valence-corrected chi connectivity index (χ0v) is 9.98. The van der Waals surface area contributed by atoms with E-state index in [1.165, 1.54) is 11.8 Å². The van der Waals surface area contributed by atoms with Crippen molar-refractivity contribution in [2.75, 3.05) is 5.75 Å². The summed E-state index contributed by atoms with van der Waals surface area (Å²) in [6.07, 6.45) is 0. The number of nitrogens with zero attached hydrogens (tertiary/aromatic N) is 1. The molecule has 2 aromatic carbocycles. The lowest BCUT2D eigenvalue weighted by Gasteiger charge is -2.05. The van der Waals surface area contributed by atoms with E-state index in [2.05, 4.69) is 6.07 Å². The highest BCUT2D eigenvalue weighted by Crippen LogP contribution is 2.24. The van der Waals surface area contributed by atoms with Crippen molar-refractivity contribution in [3.05, 3.63) is 54.6 Å². The third kappa shape index (κ3) is 3.54. The summed E-state index contributed by atoms with van der Waals surface area (Å²) >= 11 is 1.52. The number of hydrogen-bond donors (Lipinski definition) is 0. The predicted octanol–water partition coefficient (Wildman–Crippen LogP) is 4.09. The Bertz CT molecular complexity index is 502. The van der Waals surface area contributed by atoms with Crippen LogP contribution < -0.4 is 4.74 Å². The van der Waals surface area contributed by atoms with Crippen molar-refractivity contribution in [1.82, 2.24) is 0 Å². The van der Waals surface area contributed by atoms with Crippen LogP contribution in [0, 0.1) is 11.3 Å². The van der Waals surface area contributed by atoms with Gasteiger partial charge in [-0.25, -0.2) is 0 Å². The van der Waals surface area contributed by atoms with E-state index in [9.17, 15) is 0 Å². The Labute approximate surface area is 105 Å². The quantitative estimate of drug-likeness (QED) is 0.756. The second kappa shape index (κ2) is 5.97. The second-order valence-electron chi connectivity index (χ2n) is 3.33. The molecule has 0 spiro atoms. The summed E-state index contributed by atoms with van der Waals surface area (Å²) in [5.74, 6) is 2.10. The van der Waals surface area contributed by atoms with Crippen molar-refractivity contribution in [3.63, 3.8) is 0 Å². The molecule has 0 aliphatic heterocycles. The van der Waals surface area contributed by atoms with Crippen molar-refractivity contribution in [3.8, 4) is 17.6 Å². The average Bonchev–Trinajstić information content (AvgIpc) is 2.39. The lowest BCUT2D eigenvalue weighted by atomic mass is 10.3. The number of nitriles is 1. The van der Waals surface area contributed by atoms with E-state index >= 15 is 0 Å². The van der Waals surface area contributed by atoms with E-state index in [1.807, 2.05) is 54.6 Å². The number of hydrogen-bond acceptors (Lipinski definition) is 3. The number of benzene rings is 2. The summed E-state index contributed by atoms with van der Waals surface area (Å²) in [5.41, 5.74) is 0. The van der Waals surface area contributed by atoms with E-state index in [4.69, 9.17) is 10.00 Å². The molecule has 0 bridgehead atoms. The van der Waals surface area contributed by atoms with E-state index in [0.717, 1.165) is 16.4 Å². The van der Waals surface area contributed by atoms with Gasteiger partial charge in [0.15, 0.2) is 0 Å². The van der Waals surface area contributed by atoms with E-state index in [0.29, 0.717) is 5.75 Å². The average molecular weight is 241 g/mol. The van der Waals surface area contributed by atoms with Gasteiger partial charge >= 0.3 is 0 Å². The van der Waals surface area contributed by atoms with Crippen LogP contribution in [0.1, 0.15) is 0 Å². The molecule has 2 rings (SSSR count). The molecule has 0 fully saturated rings. The lowest BCUT2D eigenvalue weighted by Crippen LogP contribution is -1.83. The molecule has 0 aliphatic rings. The maximum atomic E-state index is 8.48. The summed E-state index contributed by atoms with van der Waals surface area (Å²) in [4.78, 5) is 1.08. The van der Waals surface area contributed by atoms with Gasteiger partial charge < -0.3 is 4.74 Å². The number of thioether (sulfide) groups is 1. The molecular formula is C14H11NOS. The Morgan fingerprint density at radius 1 is 0.941 bits per heavy atom. The molecule has 3 heteroatoms. The molecule has 2 nitrogen and oxygen atoms in total. The first kappa shape index (κ1) is 11.6. The molecule has 0 radical (unpaired) electrons. The lowest BCUT2D eigenvalue weighted by molar-refractivity contribution is 0.482. The third-order valence-electron chi connectivity index (χ3n) is 2.11. The number of para-hydroxylation sites is 1. The maximum absolute atomic E-state index is 8.48. The van der Waals surface area contributed by atoms with Gasteiger partial charge in [0, 0.05) is 4.90 Å². The molecule has 0 aliphatic carbocycles. The highest BCUT2D eigenvalue weighted by molar-refractivity contribution is 7.99. The predicted molar refractivity (Wildman–Crippen MR) is 69.3 cm³/mol. The van der Waals surface area contributed by atoms with Gasteiger partial charge in [0.1, 0.15) is 11.5 Å². The van der Waals surface area contributed by atoms with Gasteiger partial charge in [0.2, 0.25) is 0 Å². The zero-order chi connectivity index (χ0) is 11.9. The fraction of sp³-hybridized carbons (Fsp3) is 0.0714. The summed E-state index contributed by atoms with van der Waals surface area (Å²) < 4.78 is 5.66. The standard InChI is InChI=1S/C14H11NOS/c15-10-11-17-14-8-6-13(7-9-14)16-12-4-2-1-3-5-12/h1-9H,11H2. The van der Waals surface area contributed by atoms with Crippen LogP contribution in [0.4, 0.5) is 0 Å². The molecule has 0 N–H and O–H groups in total. The molecule has 0 saturated heterocycles. The smallest absolute Gasteiger partial charge is 0.127 e. The summed E-state index contributed by atoms with van der Waals surface area (Å²) in [5, 5.41) is 8.48. The van der Waals surface area contributed by atoms with Crippen molar-refractivity contribution >= 4 is 11.8 Å².